The first-order valence-corrected chi connectivity index (χ1v) is 4.52. The second-order valence-electron chi connectivity index (χ2n) is 2.92. The number of rotatable bonds is 5. The number of nitrogens with two attached hydrogens (primary N) is 1. The molecule has 0 unspecified atom stereocenters. The molecule has 0 fully saturated rings. The highest BCUT2D eigenvalue weighted by Crippen LogP contribution is 2.08. The van der Waals surface area contributed by atoms with E-state index in [0.29, 0.717) is 23.8 Å². The molecule has 0 bridgehead atoms. The maximum atomic E-state index is 11.1. The van der Waals surface area contributed by atoms with E-state index in [1.54, 1.807) is 11.0 Å². The van der Waals surface area contributed by atoms with Gasteiger partial charge in [0.15, 0.2) is 5.82 Å². The number of hydrogen-bond donors (Lipinski definition) is 3. The quantitative estimate of drug-likeness (QED) is 0.389. The first kappa shape index (κ1) is 11.5. The van der Waals surface area contributed by atoms with Gasteiger partial charge in [-0.05, 0) is 6.07 Å². The Balaban J connectivity index is 2.85. The predicted octanol–water partition coefficient (Wildman–Crippen LogP) is -1.91. The summed E-state index contributed by atoms with van der Waals surface area (Å²) < 4.78 is 0. The van der Waals surface area contributed by atoms with E-state index < -0.39 is 0 Å². The highest BCUT2D eigenvalue weighted by molar-refractivity contribution is 5.39. The summed E-state index contributed by atoms with van der Waals surface area (Å²) in [5.41, 5.74) is 5.31. The summed E-state index contributed by atoms with van der Waals surface area (Å²) in [5, 5.41) is 32.3. The number of aliphatic hydroxyl groups excluding tert-OH is 2. The number of anilines is 2. The normalized spacial score (nSPS) is 10.3. The first-order chi connectivity index (χ1) is 7.19. The highest BCUT2D eigenvalue weighted by atomic mass is 16.5. The summed E-state index contributed by atoms with van der Waals surface area (Å²) in [6.45, 7) is 0.449. The summed E-state index contributed by atoms with van der Waals surface area (Å²) in [7, 11) is 0. The van der Waals surface area contributed by atoms with Gasteiger partial charge in [-0.25, -0.2) is 0 Å². The molecule has 15 heavy (non-hydrogen) atoms. The lowest BCUT2D eigenvalue weighted by Crippen LogP contribution is -2.39. The average molecular weight is 214 g/mol. The molecule has 0 aromatic carbocycles. The van der Waals surface area contributed by atoms with E-state index in [2.05, 4.69) is 5.10 Å². The zero-order valence-corrected chi connectivity index (χ0v) is 8.20. The minimum absolute atomic E-state index is 0.00620. The van der Waals surface area contributed by atoms with E-state index in [1.165, 1.54) is 6.07 Å². The SMILES string of the molecule is Nc1ccc(N(CCO)CCO)n[n+]1[O-]. The molecule has 1 aromatic rings. The number of hydrogen-bond acceptors (Lipinski definition) is 6. The summed E-state index contributed by atoms with van der Waals surface area (Å²) >= 11 is 0. The Labute approximate surface area is 86.9 Å². The molecule has 1 rings (SSSR count). The summed E-state index contributed by atoms with van der Waals surface area (Å²) in [5.74, 6) is 0.383. The van der Waals surface area contributed by atoms with Crippen LogP contribution in [0.2, 0.25) is 0 Å². The standard InChI is InChI=1S/C8H14N4O3/c9-7-1-2-8(10-12(7)15)11(3-5-13)4-6-14/h1-2,13-14H,3-6,9H2. The van der Waals surface area contributed by atoms with Gasteiger partial charge in [-0.3, -0.25) is 5.73 Å². The Bertz CT molecular complexity index is 315. The van der Waals surface area contributed by atoms with Gasteiger partial charge >= 0.3 is 0 Å². The van der Waals surface area contributed by atoms with Crippen LogP contribution in [0.25, 0.3) is 0 Å². The molecular weight excluding hydrogens is 200 g/mol. The van der Waals surface area contributed by atoms with Gasteiger partial charge in [0.2, 0.25) is 0 Å². The number of nitrogens with zero attached hydrogens (tertiary/aromatic N) is 3. The third kappa shape index (κ3) is 2.93. The van der Waals surface area contributed by atoms with Crippen LogP contribution in [0.5, 0.6) is 0 Å². The lowest BCUT2D eigenvalue weighted by atomic mass is 10.4. The van der Waals surface area contributed by atoms with Crippen LogP contribution in [0.3, 0.4) is 0 Å². The fourth-order valence-electron chi connectivity index (χ4n) is 1.16. The van der Waals surface area contributed by atoms with Crippen molar-refractivity contribution >= 4 is 11.6 Å². The van der Waals surface area contributed by atoms with Gasteiger partial charge in [0, 0.05) is 19.2 Å². The summed E-state index contributed by atoms with van der Waals surface area (Å²) in [6.07, 6.45) is 0. The Morgan fingerprint density at radius 1 is 1.33 bits per heavy atom. The first-order valence-electron chi connectivity index (χ1n) is 4.52. The predicted molar refractivity (Wildman–Crippen MR) is 54.0 cm³/mol. The van der Waals surface area contributed by atoms with Crippen LogP contribution in [0, 0.1) is 5.21 Å². The average Bonchev–Trinajstić information content (AvgIpc) is 2.22. The van der Waals surface area contributed by atoms with Crippen molar-refractivity contribution in [2.45, 2.75) is 0 Å². The molecule has 84 valence electrons. The van der Waals surface area contributed by atoms with Gasteiger partial charge in [-0.1, -0.05) is 5.10 Å². The zero-order valence-electron chi connectivity index (χ0n) is 8.20. The molecule has 1 heterocycles. The lowest BCUT2D eigenvalue weighted by molar-refractivity contribution is -0.653. The third-order valence-electron chi connectivity index (χ3n) is 1.88. The van der Waals surface area contributed by atoms with Crippen molar-refractivity contribution in [1.82, 2.24) is 5.10 Å². The Hall–Kier alpha value is -1.60. The van der Waals surface area contributed by atoms with Crippen molar-refractivity contribution < 1.29 is 15.1 Å². The third-order valence-corrected chi connectivity index (χ3v) is 1.88. The molecule has 1 aromatic heterocycles. The van der Waals surface area contributed by atoms with Gasteiger partial charge in [0.25, 0.3) is 5.82 Å². The molecule has 0 amide bonds. The zero-order chi connectivity index (χ0) is 11.3. The Morgan fingerprint density at radius 2 is 1.93 bits per heavy atom. The molecule has 7 heteroatoms. The molecule has 4 N–H and O–H groups in total. The molecule has 0 aliphatic rings. The van der Waals surface area contributed by atoms with Crippen molar-refractivity contribution in [1.29, 1.82) is 0 Å². The van der Waals surface area contributed by atoms with Crippen LogP contribution in [0.4, 0.5) is 11.6 Å². The second kappa shape index (κ2) is 5.32. The number of aromatic nitrogens is 2. The minimum atomic E-state index is -0.0785. The minimum Gasteiger partial charge on any atom is -0.691 e. The molecule has 0 spiro atoms. The van der Waals surface area contributed by atoms with Crippen LogP contribution in [-0.2, 0) is 0 Å². The Kier molecular flexibility index (Phi) is 4.07. The van der Waals surface area contributed by atoms with E-state index in [9.17, 15) is 5.21 Å². The molecule has 0 aliphatic heterocycles. The van der Waals surface area contributed by atoms with Gasteiger partial charge in [-0.15, -0.1) is 4.85 Å². The van der Waals surface area contributed by atoms with Crippen LogP contribution >= 0.6 is 0 Å². The van der Waals surface area contributed by atoms with Gasteiger partial charge in [0.1, 0.15) is 0 Å². The van der Waals surface area contributed by atoms with Gasteiger partial charge < -0.3 is 20.3 Å². The second-order valence-corrected chi connectivity index (χ2v) is 2.92. The fourth-order valence-corrected chi connectivity index (χ4v) is 1.16. The smallest absolute Gasteiger partial charge is 0.296 e. The van der Waals surface area contributed by atoms with E-state index in [0.717, 1.165) is 0 Å². The molecule has 0 saturated heterocycles. The molecule has 7 nitrogen and oxygen atoms in total. The molecule has 0 aliphatic carbocycles. The van der Waals surface area contributed by atoms with E-state index in [-0.39, 0.29) is 19.0 Å². The number of nitrogen functional groups attached to an aromatic ring is 1. The largest absolute Gasteiger partial charge is 0.691 e. The van der Waals surface area contributed by atoms with Crippen LogP contribution in [0.1, 0.15) is 0 Å². The maximum absolute atomic E-state index is 11.1. The van der Waals surface area contributed by atoms with E-state index in [4.69, 9.17) is 15.9 Å². The lowest BCUT2D eigenvalue weighted by Gasteiger charge is -2.21. The van der Waals surface area contributed by atoms with Crippen LogP contribution < -0.4 is 15.5 Å². The maximum Gasteiger partial charge on any atom is 0.296 e. The van der Waals surface area contributed by atoms with Gasteiger partial charge in [0.05, 0.1) is 13.2 Å². The topological polar surface area (TPSA) is 110 Å². The van der Waals surface area contributed by atoms with E-state index in [1.807, 2.05) is 0 Å². The van der Waals surface area contributed by atoms with Crippen molar-refractivity contribution in [3.05, 3.63) is 17.3 Å². The molecule has 0 radical (unpaired) electrons. The monoisotopic (exact) mass is 214 g/mol. The van der Waals surface area contributed by atoms with Crippen molar-refractivity contribution in [3.63, 3.8) is 0 Å². The number of aliphatic hydroxyl groups is 2. The van der Waals surface area contributed by atoms with Gasteiger partial charge in [-0.2, -0.15) is 0 Å². The molecular formula is C8H14N4O3. The highest BCUT2D eigenvalue weighted by Gasteiger charge is 2.09. The van der Waals surface area contributed by atoms with Crippen LogP contribution in [0.15, 0.2) is 12.1 Å². The van der Waals surface area contributed by atoms with E-state index >= 15 is 0 Å². The van der Waals surface area contributed by atoms with Crippen molar-refractivity contribution in [3.8, 4) is 0 Å². The van der Waals surface area contributed by atoms with Crippen LogP contribution in [-0.4, -0.2) is 41.6 Å². The molecule has 0 atom stereocenters. The summed E-state index contributed by atoms with van der Waals surface area (Å²) in [6, 6.07) is 2.99. The molecule has 0 saturated carbocycles. The van der Waals surface area contributed by atoms with Crippen molar-refractivity contribution in [2.24, 2.45) is 0 Å². The summed E-state index contributed by atoms with van der Waals surface area (Å²) in [4.78, 5) is 1.89. The fraction of sp³-hybridized carbons (Fsp3) is 0.500. The van der Waals surface area contributed by atoms with Crippen molar-refractivity contribution in [2.75, 3.05) is 36.9 Å². The Morgan fingerprint density at radius 3 is 2.40 bits per heavy atom.